The van der Waals surface area contributed by atoms with Crippen LogP contribution in [0, 0.1) is 6.92 Å². The molecule has 0 aliphatic rings. The Morgan fingerprint density at radius 1 is 1.47 bits per heavy atom. The van der Waals surface area contributed by atoms with Crippen molar-refractivity contribution in [2.45, 2.75) is 20.3 Å². The molecule has 0 unspecified atom stereocenters. The summed E-state index contributed by atoms with van der Waals surface area (Å²) in [7, 11) is 0. The molecule has 0 aliphatic heterocycles. The molecule has 0 fully saturated rings. The maximum Gasteiger partial charge on any atom is 0.347 e. The van der Waals surface area contributed by atoms with Gasteiger partial charge in [0, 0.05) is 5.39 Å². The van der Waals surface area contributed by atoms with Crippen LogP contribution in [0.4, 0.5) is 5.82 Å². The summed E-state index contributed by atoms with van der Waals surface area (Å²) < 4.78 is 0. The van der Waals surface area contributed by atoms with Crippen molar-refractivity contribution in [3.05, 3.63) is 33.7 Å². The van der Waals surface area contributed by atoms with Gasteiger partial charge in [-0.1, -0.05) is 13.0 Å². The van der Waals surface area contributed by atoms with Crippen molar-refractivity contribution in [2.75, 3.05) is 5.73 Å². The van der Waals surface area contributed by atoms with E-state index in [4.69, 9.17) is 5.73 Å². The number of anilines is 1. The standard InChI is InChI=1S/C11H13N3O/c1-3-7-4-6(2)5-8-9(7)13-11(15)14-10(8)12/h4-5H,3H2,1-2H3,(H3,12,13,14,15). The number of fused-ring (bicyclic) bond motifs is 1. The van der Waals surface area contributed by atoms with Crippen molar-refractivity contribution < 1.29 is 0 Å². The van der Waals surface area contributed by atoms with E-state index < -0.39 is 5.69 Å². The van der Waals surface area contributed by atoms with E-state index in [2.05, 4.69) is 16.0 Å². The highest BCUT2D eigenvalue weighted by Gasteiger charge is 2.06. The molecule has 1 aromatic carbocycles. The Labute approximate surface area is 87.1 Å². The van der Waals surface area contributed by atoms with E-state index in [1.54, 1.807) is 0 Å². The Morgan fingerprint density at radius 3 is 2.87 bits per heavy atom. The molecule has 4 nitrogen and oxygen atoms in total. The molecule has 15 heavy (non-hydrogen) atoms. The van der Waals surface area contributed by atoms with Crippen LogP contribution >= 0.6 is 0 Å². The maximum atomic E-state index is 11.2. The molecule has 0 saturated carbocycles. The molecular formula is C11H13N3O. The van der Waals surface area contributed by atoms with E-state index in [-0.39, 0.29) is 0 Å². The van der Waals surface area contributed by atoms with Gasteiger partial charge in [0.15, 0.2) is 0 Å². The van der Waals surface area contributed by atoms with Gasteiger partial charge in [0.25, 0.3) is 0 Å². The number of nitrogens with one attached hydrogen (secondary N) is 1. The van der Waals surface area contributed by atoms with E-state index in [0.717, 1.165) is 28.5 Å². The third kappa shape index (κ3) is 1.58. The van der Waals surface area contributed by atoms with Crippen molar-refractivity contribution in [1.29, 1.82) is 0 Å². The number of aromatic amines is 1. The number of aryl methyl sites for hydroxylation is 2. The number of nitrogens with two attached hydrogens (primary N) is 1. The Morgan fingerprint density at radius 2 is 2.20 bits per heavy atom. The summed E-state index contributed by atoms with van der Waals surface area (Å²) in [4.78, 5) is 17.6. The molecule has 78 valence electrons. The first-order valence-electron chi connectivity index (χ1n) is 4.91. The van der Waals surface area contributed by atoms with Gasteiger partial charge >= 0.3 is 5.69 Å². The number of H-pyrrole nitrogens is 1. The summed E-state index contributed by atoms with van der Waals surface area (Å²) in [6, 6.07) is 3.99. The van der Waals surface area contributed by atoms with Crippen molar-refractivity contribution in [3.63, 3.8) is 0 Å². The molecule has 0 spiro atoms. The number of benzene rings is 1. The lowest BCUT2D eigenvalue weighted by atomic mass is 10.0. The minimum absolute atomic E-state index is 0.298. The zero-order valence-corrected chi connectivity index (χ0v) is 8.79. The van der Waals surface area contributed by atoms with E-state index in [1.807, 2.05) is 19.9 Å². The SMILES string of the molecule is CCc1cc(C)cc2c(N)nc(=O)[nH]c12. The van der Waals surface area contributed by atoms with E-state index in [0.29, 0.717) is 5.82 Å². The zero-order chi connectivity index (χ0) is 11.0. The molecule has 0 aliphatic carbocycles. The van der Waals surface area contributed by atoms with Gasteiger partial charge in [-0.3, -0.25) is 0 Å². The van der Waals surface area contributed by atoms with E-state index in [9.17, 15) is 4.79 Å². The molecule has 0 atom stereocenters. The van der Waals surface area contributed by atoms with Crippen LogP contribution < -0.4 is 11.4 Å². The maximum absolute atomic E-state index is 11.2. The average Bonchev–Trinajstić information content (AvgIpc) is 2.18. The summed E-state index contributed by atoms with van der Waals surface area (Å²) in [6.07, 6.45) is 0.859. The van der Waals surface area contributed by atoms with E-state index >= 15 is 0 Å². The number of aromatic nitrogens is 2. The van der Waals surface area contributed by atoms with Gasteiger partial charge in [-0.25, -0.2) is 4.79 Å². The molecule has 2 aromatic rings. The molecule has 3 N–H and O–H groups in total. The highest BCUT2D eigenvalue weighted by Crippen LogP contribution is 2.21. The second-order valence-electron chi connectivity index (χ2n) is 3.63. The highest BCUT2D eigenvalue weighted by molar-refractivity contribution is 5.90. The molecular weight excluding hydrogens is 190 g/mol. The topological polar surface area (TPSA) is 71.8 Å². The molecule has 0 amide bonds. The van der Waals surface area contributed by atoms with Gasteiger partial charge in [-0.05, 0) is 30.5 Å². The lowest BCUT2D eigenvalue weighted by molar-refractivity contribution is 1.09. The van der Waals surface area contributed by atoms with Crippen LogP contribution in [-0.4, -0.2) is 9.97 Å². The number of nitrogen functional groups attached to an aromatic ring is 1. The monoisotopic (exact) mass is 203 g/mol. The smallest absolute Gasteiger partial charge is 0.347 e. The summed E-state index contributed by atoms with van der Waals surface area (Å²) in [6.45, 7) is 4.05. The molecule has 1 aromatic heterocycles. The van der Waals surface area contributed by atoms with Crippen LogP contribution in [-0.2, 0) is 6.42 Å². The number of nitrogens with zero attached hydrogens (tertiary/aromatic N) is 1. The fourth-order valence-electron chi connectivity index (χ4n) is 1.79. The van der Waals surface area contributed by atoms with Crippen LogP contribution in [0.15, 0.2) is 16.9 Å². The summed E-state index contributed by atoms with van der Waals surface area (Å²) >= 11 is 0. The van der Waals surface area contributed by atoms with Crippen LogP contribution in [0.1, 0.15) is 18.1 Å². The Hall–Kier alpha value is -1.84. The minimum atomic E-state index is -0.390. The first kappa shape index (κ1) is 9.71. The van der Waals surface area contributed by atoms with Crippen molar-refractivity contribution >= 4 is 16.7 Å². The van der Waals surface area contributed by atoms with Crippen LogP contribution in [0.3, 0.4) is 0 Å². The Kier molecular flexibility index (Phi) is 2.19. The van der Waals surface area contributed by atoms with Gasteiger partial charge in [0.1, 0.15) is 5.82 Å². The third-order valence-electron chi connectivity index (χ3n) is 2.48. The van der Waals surface area contributed by atoms with Crippen molar-refractivity contribution in [2.24, 2.45) is 0 Å². The van der Waals surface area contributed by atoms with Crippen molar-refractivity contribution in [1.82, 2.24) is 9.97 Å². The second kappa shape index (κ2) is 3.38. The lowest BCUT2D eigenvalue weighted by Crippen LogP contribution is -2.13. The van der Waals surface area contributed by atoms with Gasteiger partial charge in [-0.15, -0.1) is 0 Å². The van der Waals surface area contributed by atoms with E-state index in [1.165, 1.54) is 0 Å². The Bertz CT molecular complexity index is 572. The fraction of sp³-hybridized carbons (Fsp3) is 0.273. The number of hydrogen-bond donors (Lipinski definition) is 2. The quantitative estimate of drug-likeness (QED) is 0.735. The predicted octanol–water partition coefficient (Wildman–Crippen LogP) is 1.38. The molecule has 0 bridgehead atoms. The normalized spacial score (nSPS) is 10.8. The minimum Gasteiger partial charge on any atom is -0.383 e. The fourth-order valence-corrected chi connectivity index (χ4v) is 1.79. The highest BCUT2D eigenvalue weighted by atomic mass is 16.1. The summed E-state index contributed by atoms with van der Waals surface area (Å²) in [5, 5.41) is 0.825. The van der Waals surface area contributed by atoms with Crippen LogP contribution in [0.25, 0.3) is 10.9 Å². The summed E-state index contributed by atoms with van der Waals surface area (Å²) in [5.41, 5.74) is 8.35. The van der Waals surface area contributed by atoms with Gasteiger partial charge < -0.3 is 10.7 Å². The number of hydrogen-bond acceptors (Lipinski definition) is 3. The molecule has 0 saturated heterocycles. The molecule has 0 radical (unpaired) electrons. The van der Waals surface area contributed by atoms with Crippen LogP contribution in [0.5, 0.6) is 0 Å². The summed E-state index contributed by atoms with van der Waals surface area (Å²) in [5.74, 6) is 0.298. The Balaban J connectivity index is 2.96. The van der Waals surface area contributed by atoms with Gasteiger partial charge in [0.05, 0.1) is 5.52 Å². The van der Waals surface area contributed by atoms with Gasteiger partial charge in [-0.2, -0.15) is 4.98 Å². The third-order valence-corrected chi connectivity index (χ3v) is 2.48. The first-order chi connectivity index (χ1) is 7.11. The predicted molar refractivity (Wildman–Crippen MR) is 60.9 cm³/mol. The molecule has 2 rings (SSSR count). The molecule has 1 heterocycles. The van der Waals surface area contributed by atoms with Crippen molar-refractivity contribution in [3.8, 4) is 0 Å². The number of rotatable bonds is 1. The molecule has 4 heteroatoms. The average molecular weight is 203 g/mol. The largest absolute Gasteiger partial charge is 0.383 e. The first-order valence-corrected chi connectivity index (χ1v) is 4.91. The second-order valence-corrected chi connectivity index (χ2v) is 3.63. The zero-order valence-electron chi connectivity index (χ0n) is 8.79. The lowest BCUT2D eigenvalue weighted by Gasteiger charge is -2.07. The van der Waals surface area contributed by atoms with Gasteiger partial charge in [0.2, 0.25) is 0 Å². The van der Waals surface area contributed by atoms with Crippen LogP contribution in [0.2, 0.25) is 0 Å².